The van der Waals surface area contributed by atoms with Crippen molar-refractivity contribution in [2.24, 2.45) is 0 Å². The standard InChI is InChI=1S/C29H30NO5/c1-30(2,3)19-9-14-26(31)35-29-27(32)24-12-7-8-13-25(24)34-28(29)22-15-17-23(18-16-22)33-20-21-10-5-4-6-11-21/h4-8,10-13,15-18H,9,14,19-20H2,1-3H3/q+1. The number of esters is 1. The predicted octanol–water partition coefficient (Wildman–Crippen LogP) is 5.43. The Hall–Kier alpha value is -3.90. The van der Waals surface area contributed by atoms with Crippen LogP contribution >= 0.6 is 0 Å². The van der Waals surface area contributed by atoms with Gasteiger partial charge in [0.25, 0.3) is 0 Å². The van der Waals surface area contributed by atoms with Crippen LogP contribution in [0, 0.1) is 0 Å². The van der Waals surface area contributed by atoms with Crippen molar-refractivity contribution in [2.75, 3.05) is 27.7 Å². The molecule has 0 aliphatic heterocycles. The number of quaternary nitrogens is 1. The van der Waals surface area contributed by atoms with Crippen molar-refractivity contribution in [3.63, 3.8) is 0 Å². The molecule has 6 heteroatoms. The predicted molar refractivity (Wildman–Crippen MR) is 136 cm³/mol. The van der Waals surface area contributed by atoms with Gasteiger partial charge in [0, 0.05) is 12.0 Å². The third-order valence-electron chi connectivity index (χ3n) is 5.55. The van der Waals surface area contributed by atoms with E-state index in [1.165, 1.54) is 0 Å². The third kappa shape index (κ3) is 6.37. The quantitative estimate of drug-likeness (QED) is 0.240. The lowest BCUT2D eigenvalue weighted by Gasteiger charge is -2.23. The molecule has 0 saturated heterocycles. The van der Waals surface area contributed by atoms with Gasteiger partial charge in [-0.05, 0) is 42.0 Å². The summed E-state index contributed by atoms with van der Waals surface area (Å²) in [6.07, 6.45) is 0.873. The van der Waals surface area contributed by atoms with Gasteiger partial charge in [-0.25, -0.2) is 0 Å². The first-order chi connectivity index (χ1) is 16.8. The molecule has 0 unspecified atom stereocenters. The molecule has 0 aliphatic carbocycles. The first-order valence-electron chi connectivity index (χ1n) is 11.6. The van der Waals surface area contributed by atoms with E-state index in [9.17, 15) is 9.59 Å². The fraction of sp³-hybridized carbons (Fsp3) is 0.241. The van der Waals surface area contributed by atoms with E-state index in [4.69, 9.17) is 13.9 Å². The van der Waals surface area contributed by atoms with E-state index in [0.717, 1.165) is 16.6 Å². The number of carbonyl (C=O) groups excluding carboxylic acids is 1. The van der Waals surface area contributed by atoms with Crippen molar-refractivity contribution in [3.8, 4) is 22.8 Å². The van der Waals surface area contributed by atoms with E-state index in [0.29, 0.717) is 35.3 Å². The van der Waals surface area contributed by atoms with Crippen molar-refractivity contribution >= 4 is 16.9 Å². The van der Waals surface area contributed by atoms with E-state index in [1.54, 1.807) is 48.5 Å². The van der Waals surface area contributed by atoms with Crippen molar-refractivity contribution in [1.29, 1.82) is 0 Å². The van der Waals surface area contributed by atoms with Crippen LogP contribution in [-0.4, -0.2) is 38.1 Å². The summed E-state index contributed by atoms with van der Waals surface area (Å²) in [5.41, 5.74) is 1.75. The molecule has 4 rings (SSSR count). The SMILES string of the molecule is C[N+](C)(C)CCCC(=O)Oc1c(-c2ccc(OCc3ccccc3)cc2)oc2ccccc2c1=O. The Kier molecular flexibility index (Phi) is 7.32. The molecule has 0 amide bonds. The lowest BCUT2D eigenvalue weighted by molar-refractivity contribution is -0.870. The number of hydrogen-bond donors (Lipinski definition) is 0. The molecule has 0 radical (unpaired) electrons. The molecule has 1 heterocycles. The van der Waals surface area contributed by atoms with Crippen LogP contribution in [0.2, 0.25) is 0 Å². The van der Waals surface area contributed by atoms with Crippen LogP contribution in [0.15, 0.2) is 88.1 Å². The molecule has 0 aliphatic rings. The molecule has 1 aromatic heterocycles. The highest BCUT2D eigenvalue weighted by atomic mass is 16.5. The minimum Gasteiger partial charge on any atom is -0.489 e. The van der Waals surface area contributed by atoms with Crippen molar-refractivity contribution in [1.82, 2.24) is 0 Å². The van der Waals surface area contributed by atoms with E-state index < -0.39 is 5.97 Å². The number of benzene rings is 3. The number of nitrogens with zero attached hydrogens (tertiary/aromatic N) is 1. The zero-order chi connectivity index (χ0) is 24.8. The van der Waals surface area contributed by atoms with Gasteiger partial charge in [0.1, 0.15) is 17.9 Å². The third-order valence-corrected chi connectivity index (χ3v) is 5.55. The zero-order valence-electron chi connectivity index (χ0n) is 20.3. The summed E-state index contributed by atoms with van der Waals surface area (Å²) in [4.78, 5) is 25.9. The van der Waals surface area contributed by atoms with Crippen LogP contribution in [0.4, 0.5) is 0 Å². The van der Waals surface area contributed by atoms with Crippen LogP contribution in [0.5, 0.6) is 11.5 Å². The minimum absolute atomic E-state index is 0.0862. The molecule has 6 nitrogen and oxygen atoms in total. The van der Waals surface area contributed by atoms with Crippen LogP contribution in [0.25, 0.3) is 22.3 Å². The van der Waals surface area contributed by atoms with Crippen LogP contribution in [0.3, 0.4) is 0 Å². The normalized spacial score (nSPS) is 11.4. The van der Waals surface area contributed by atoms with Gasteiger partial charge in [-0.15, -0.1) is 0 Å². The maximum atomic E-state index is 13.3. The molecule has 0 bridgehead atoms. The summed E-state index contributed by atoms with van der Waals surface area (Å²) in [6, 6.07) is 24.0. The number of para-hydroxylation sites is 1. The topological polar surface area (TPSA) is 65.7 Å². The Labute approximate surface area is 204 Å². The summed E-state index contributed by atoms with van der Waals surface area (Å²) in [5, 5.41) is 0.369. The lowest BCUT2D eigenvalue weighted by Crippen LogP contribution is -2.35. The summed E-state index contributed by atoms with van der Waals surface area (Å²) < 4.78 is 18.3. The van der Waals surface area contributed by atoms with Gasteiger partial charge in [-0.1, -0.05) is 42.5 Å². The summed E-state index contributed by atoms with van der Waals surface area (Å²) >= 11 is 0. The minimum atomic E-state index is -0.454. The Bertz CT molecular complexity index is 1350. The molecule has 0 fully saturated rings. The molecule has 0 spiro atoms. The van der Waals surface area contributed by atoms with Crippen LogP contribution in [0.1, 0.15) is 18.4 Å². The van der Waals surface area contributed by atoms with Gasteiger partial charge < -0.3 is 18.4 Å². The fourth-order valence-corrected chi connectivity index (χ4v) is 3.71. The van der Waals surface area contributed by atoms with Gasteiger partial charge >= 0.3 is 5.97 Å². The van der Waals surface area contributed by atoms with Gasteiger partial charge in [0.2, 0.25) is 11.2 Å². The number of hydrogen-bond acceptors (Lipinski definition) is 5. The zero-order valence-corrected chi connectivity index (χ0v) is 20.3. The number of rotatable bonds is 9. The smallest absolute Gasteiger partial charge is 0.311 e. The molecule has 4 aromatic rings. The second-order valence-electron chi connectivity index (χ2n) is 9.48. The van der Waals surface area contributed by atoms with Gasteiger partial charge in [-0.3, -0.25) is 9.59 Å². The van der Waals surface area contributed by atoms with E-state index in [-0.39, 0.29) is 23.4 Å². The maximum absolute atomic E-state index is 13.3. The highest BCUT2D eigenvalue weighted by Gasteiger charge is 2.21. The molecule has 35 heavy (non-hydrogen) atoms. The molecular weight excluding hydrogens is 442 g/mol. The molecule has 0 saturated carbocycles. The Morgan fingerprint density at radius 3 is 2.29 bits per heavy atom. The molecule has 0 N–H and O–H groups in total. The Balaban J connectivity index is 1.59. The Morgan fingerprint density at radius 1 is 0.886 bits per heavy atom. The number of ether oxygens (including phenoxy) is 2. The average Bonchev–Trinajstić information content (AvgIpc) is 2.84. The second-order valence-corrected chi connectivity index (χ2v) is 9.48. The highest BCUT2D eigenvalue weighted by Crippen LogP contribution is 2.32. The van der Waals surface area contributed by atoms with E-state index in [2.05, 4.69) is 21.1 Å². The van der Waals surface area contributed by atoms with Crippen LogP contribution in [-0.2, 0) is 11.4 Å². The fourth-order valence-electron chi connectivity index (χ4n) is 3.71. The first-order valence-corrected chi connectivity index (χ1v) is 11.6. The molecular formula is C29H30NO5+. The number of fused-ring (bicyclic) bond motifs is 1. The molecule has 0 atom stereocenters. The number of carbonyl (C=O) groups is 1. The lowest BCUT2D eigenvalue weighted by atomic mass is 10.1. The molecule has 3 aromatic carbocycles. The highest BCUT2D eigenvalue weighted by molar-refractivity contribution is 5.84. The van der Waals surface area contributed by atoms with Crippen molar-refractivity contribution in [3.05, 3.63) is 94.6 Å². The Morgan fingerprint density at radius 2 is 1.57 bits per heavy atom. The maximum Gasteiger partial charge on any atom is 0.311 e. The summed E-state index contributed by atoms with van der Waals surface area (Å²) in [7, 11) is 6.19. The summed E-state index contributed by atoms with van der Waals surface area (Å²) in [6.45, 7) is 1.26. The van der Waals surface area contributed by atoms with Gasteiger partial charge in [-0.2, -0.15) is 0 Å². The van der Waals surface area contributed by atoms with Crippen molar-refractivity contribution < 1.29 is 23.2 Å². The van der Waals surface area contributed by atoms with Crippen LogP contribution < -0.4 is 14.9 Å². The molecule has 180 valence electrons. The first kappa shape index (κ1) is 24.2. The van der Waals surface area contributed by atoms with E-state index in [1.807, 2.05) is 30.3 Å². The second kappa shape index (κ2) is 10.6. The van der Waals surface area contributed by atoms with Gasteiger partial charge in [0.15, 0.2) is 5.76 Å². The summed E-state index contributed by atoms with van der Waals surface area (Å²) in [5.74, 6) is 0.366. The van der Waals surface area contributed by atoms with E-state index >= 15 is 0 Å². The van der Waals surface area contributed by atoms with Crippen molar-refractivity contribution in [2.45, 2.75) is 19.4 Å². The monoisotopic (exact) mass is 472 g/mol. The van der Waals surface area contributed by atoms with Gasteiger partial charge in [0.05, 0.1) is 39.5 Å². The average molecular weight is 473 g/mol. The largest absolute Gasteiger partial charge is 0.489 e.